The highest BCUT2D eigenvalue weighted by molar-refractivity contribution is 5.94. The number of piperidine rings is 3. The molecule has 1 atom stereocenters. The van der Waals surface area contributed by atoms with Crippen molar-refractivity contribution in [2.24, 2.45) is 5.92 Å². The average molecular weight is 353 g/mol. The predicted molar refractivity (Wildman–Crippen MR) is 98.0 cm³/mol. The smallest absolute Gasteiger partial charge is 0.287 e. The summed E-state index contributed by atoms with van der Waals surface area (Å²) in [4.78, 5) is 26.6. The van der Waals surface area contributed by atoms with Gasteiger partial charge in [0.2, 0.25) is 0 Å². The van der Waals surface area contributed by atoms with Gasteiger partial charge in [0.25, 0.3) is 11.8 Å². The number of fused-ring (bicyclic) bond motifs is 3. The Kier molecular flexibility index (Phi) is 4.51. The number of rotatable bonds is 4. The SMILES string of the molecule is CNC(=O)c1ccc(-c2ccc(C(=O)N[C@H]3CN4CCC3CC4)o2)cc1. The number of carbonyl (C=O) groups is 2. The first-order valence-electron chi connectivity index (χ1n) is 9.09. The molecule has 4 heterocycles. The summed E-state index contributed by atoms with van der Waals surface area (Å²) in [7, 11) is 1.60. The molecule has 2 bridgehead atoms. The van der Waals surface area contributed by atoms with Crippen LogP contribution in [-0.4, -0.2) is 49.4 Å². The van der Waals surface area contributed by atoms with Crippen molar-refractivity contribution in [1.82, 2.24) is 15.5 Å². The van der Waals surface area contributed by atoms with Crippen molar-refractivity contribution in [2.45, 2.75) is 18.9 Å². The monoisotopic (exact) mass is 353 g/mol. The standard InChI is InChI=1S/C20H23N3O3/c1-21-19(24)15-4-2-14(3-5-15)17-6-7-18(26-17)20(25)22-16-12-23-10-8-13(16)9-11-23/h2-7,13,16H,8-12H2,1H3,(H,21,24)(H,22,25)/t16-/m0/s1. The minimum absolute atomic E-state index is 0.131. The first-order valence-corrected chi connectivity index (χ1v) is 9.09. The van der Waals surface area contributed by atoms with Gasteiger partial charge in [-0.3, -0.25) is 9.59 Å². The van der Waals surface area contributed by atoms with Crippen molar-refractivity contribution in [3.63, 3.8) is 0 Å². The van der Waals surface area contributed by atoms with Crippen LogP contribution >= 0.6 is 0 Å². The Labute approximate surface area is 152 Å². The van der Waals surface area contributed by atoms with E-state index in [2.05, 4.69) is 15.5 Å². The maximum Gasteiger partial charge on any atom is 0.287 e. The Morgan fingerprint density at radius 3 is 2.38 bits per heavy atom. The van der Waals surface area contributed by atoms with Crippen LogP contribution in [0.4, 0.5) is 0 Å². The van der Waals surface area contributed by atoms with Gasteiger partial charge in [-0.1, -0.05) is 12.1 Å². The molecule has 0 spiro atoms. The lowest BCUT2D eigenvalue weighted by Gasteiger charge is -2.44. The third-order valence-corrected chi connectivity index (χ3v) is 5.46. The Hall–Kier alpha value is -2.60. The molecule has 0 aliphatic carbocycles. The van der Waals surface area contributed by atoms with Crippen molar-refractivity contribution in [3.8, 4) is 11.3 Å². The molecule has 0 saturated carbocycles. The van der Waals surface area contributed by atoms with Gasteiger partial charge in [0, 0.05) is 30.8 Å². The van der Waals surface area contributed by atoms with Gasteiger partial charge in [-0.25, -0.2) is 0 Å². The Morgan fingerprint density at radius 1 is 1.04 bits per heavy atom. The largest absolute Gasteiger partial charge is 0.451 e. The zero-order chi connectivity index (χ0) is 18.1. The molecule has 5 rings (SSSR count). The minimum atomic E-state index is -0.156. The Balaban J connectivity index is 1.44. The second-order valence-electron chi connectivity index (χ2n) is 7.04. The molecule has 3 fully saturated rings. The van der Waals surface area contributed by atoms with E-state index in [0.717, 1.165) is 38.0 Å². The molecule has 3 aliphatic rings. The molecule has 0 unspecified atom stereocenters. The van der Waals surface area contributed by atoms with E-state index >= 15 is 0 Å². The van der Waals surface area contributed by atoms with Crippen molar-refractivity contribution in [2.75, 3.05) is 26.7 Å². The van der Waals surface area contributed by atoms with Crippen LogP contribution in [0.2, 0.25) is 0 Å². The Morgan fingerprint density at radius 2 is 1.77 bits per heavy atom. The van der Waals surface area contributed by atoms with E-state index in [4.69, 9.17) is 4.42 Å². The first kappa shape index (κ1) is 16.8. The topological polar surface area (TPSA) is 74.6 Å². The van der Waals surface area contributed by atoms with Crippen molar-refractivity contribution in [3.05, 3.63) is 47.7 Å². The molecule has 3 aliphatic heterocycles. The third-order valence-electron chi connectivity index (χ3n) is 5.46. The van der Waals surface area contributed by atoms with Crippen LogP contribution in [0, 0.1) is 5.92 Å². The predicted octanol–water partition coefficient (Wildman–Crippen LogP) is 2.13. The normalized spacial score (nSPS) is 24.3. The van der Waals surface area contributed by atoms with Gasteiger partial charge in [-0.2, -0.15) is 0 Å². The van der Waals surface area contributed by atoms with Crippen LogP contribution in [0.5, 0.6) is 0 Å². The van der Waals surface area contributed by atoms with E-state index in [1.807, 2.05) is 12.1 Å². The van der Waals surface area contributed by atoms with Crippen LogP contribution < -0.4 is 10.6 Å². The van der Waals surface area contributed by atoms with Gasteiger partial charge in [-0.15, -0.1) is 0 Å². The fraction of sp³-hybridized carbons (Fsp3) is 0.400. The van der Waals surface area contributed by atoms with Crippen molar-refractivity contribution in [1.29, 1.82) is 0 Å². The quantitative estimate of drug-likeness (QED) is 0.883. The molecule has 26 heavy (non-hydrogen) atoms. The molecular formula is C20H23N3O3. The lowest BCUT2D eigenvalue weighted by molar-refractivity contribution is 0.0606. The van der Waals surface area contributed by atoms with Crippen LogP contribution in [-0.2, 0) is 0 Å². The van der Waals surface area contributed by atoms with Crippen LogP contribution in [0.3, 0.4) is 0 Å². The molecule has 6 heteroatoms. The fourth-order valence-electron chi connectivity index (χ4n) is 3.91. The molecule has 2 N–H and O–H groups in total. The summed E-state index contributed by atoms with van der Waals surface area (Å²) in [6.07, 6.45) is 2.32. The summed E-state index contributed by atoms with van der Waals surface area (Å²) in [6.45, 7) is 3.23. The number of nitrogens with one attached hydrogen (secondary N) is 2. The fourth-order valence-corrected chi connectivity index (χ4v) is 3.91. The van der Waals surface area contributed by atoms with Crippen LogP contribution in [0.15, 0.2) is 40.8 Å². The first-order chi connectivity index (χ1) is 12.6. The van der Waals surface area contributed by atoms with Gasteiger partial charge in [0.05, 0.1) is 0 Å². The molecule has 3 saturated heterocycles. The van der Waals surface area contributed by atoms with Crippen molar-refractivity contribution >= 4 is 11.8 Å². The van der Waals surface area contributed by atoms with Crippen LogP contribution in [0.25, 0.3) is 11.3 Å². The summed E-state index contributed by atoms with van der Waals surface area (Å²) in [6, 6.07) is 10.8. The second-order valence-corrected chi connectivity index (χ2v) is 7.04. The number of furan rings is 1. The van der Waals surface area contributed by atoms with Crippen LogP contribution in [0.1, 0.15) is 33.8 Å². The second kappa shape index (κ2) is 6.96. The highest BCUT2D eigenvalue weighted by atomic mass is 16.3. The third kappa shape index (κ3) is 3.24. The summed E-state index contributed by atoms with van der Waals surface area (Å²) in [5.74, 6) is 1.24. The van der Waals surface area contributed by atoms with Gasteiger partial charge in [0.1, 0.15) is 5.76 Å². The number of hydrogen-bond donors (Lipinski definition) is 2. The summed E-state index contributed by atoms with van der Waals surface area (Å²) >= 11 is 0. The Bertz CT molecular complexity index is 804. The van der Waals surface area contributed by atoms with Gasteiger partial charge in [-0.05, 0) is 56.1 Å². The number of benzene rings is 1. The van der Waals surface area contributed by atoms with E-state index < -0.39 is 0 Å². The van der Waals surface area contributed by atoms with E-state index in [-0.39, 0.29) is 17.9 Å². The zero-order valence-electron chi connectivity index (χ0n) is 14.8. The summed E-state index contributed by atoms with van der Waals surface area (Å²) < 4.78 is 5.75. The van der Waals surface area contributed by atoms with E-state index in [9.17, 15) is 9.59 Å². The lowest BCUT2D eigenvalue weighted by Crippen LogP contribution is -2.57. The summed E-state index contributed by atoms with van der Waals surface area (Å²) in [5.41, 5.74) is 1.42. The molecular weight excluding hydrogens is 330 g/mol. The van der Waals surface area contributed by atoms with E-state index in [1.54, 1.807) is 31.3 Å². The lowest BCUT2D eigenvalue weighted by atomic mass is 9.84. The van der Waals surface area contributed by atoms with Gasteiger partial charge < -0.3 is 20.0 Å². The molecule has 1 aromatic heterocycles. The minimum Gasteiger partial charge on any atom is -0.451 e. The highest BCUT2D eigenvalue weighted by Gasteiger charge is 2.35. The van der Waals surface area contributed by atoms with Gasteiger partial charge >= 0.3 is 0 Å². The molecule has 136 valence electrons. The number of nitrogens with zero attached hydrogens (tertiary/aromatic N) is 1. The molecule has 2 amide bonds. The molecule has 6 nitrogen and oxygen atoms in total. The van der Waals surface area contributed by atoms with E-state index in [1.165, 1.54) is 0 Å². The number of hydrogen-bond acceptors (Lipinski definition) is 4. The maximum atomic E-state index is 12.5. The molecule has 2 aromatic rings. The average Bonchev–Trinajstić information content (AvgIpc) is 3.19. The molecule has 1 aromatic carbocycles. The maximum absolute atomic E-state index is 12.5. The van der Waals surface area contributed by atoms with Gasteiger partial charge in [0.15, 0.2) is 5.76 Å². The van der Waals surface area contributed by atoms with Crippen molar-refractivity contribution < 1.29 is 14.0 Å². The number of amides is 2. The summed E-state index contributed by atoms with van der Waals surface area (Å²) in [5, 5.41) is 5.73. The highest BCUT2D eigenvalue weighted by Crippen LogP contribution is 2.28. The van der Waals surface area contributed by atoms with E-state index in [0.29, 0.717) is 23.0 Å². The zero-order valence-corrected chi connectivity index (χ0v) is 14.8. The molecule has 0 radical (unpaired) electrons. The number of carbonyl (C=O) groups excluding carboxylic acids is 2.